The van der Waals surface area contributed by atoms with Gasteiger partial charge in [-0.25, -0.2) is 9.37 Å². The van der Waals surface area contributed by atoms with E-state index in [1.807, 2.05) is 66.2 Å². The highest BCUT2D eigenvalue weighted by Crippen LogP contribution is 2.37. The molecule has 202 valence electrons. The topological polar surface area (TPSA) is 63.0 Å². The summed E-state index contributed by atoms with van der Waals surface area (Å²) in [5, 5.41) is 4.20. The van der Waals surface area contributed by atoms with Crippen LogP contribution in [0, 0.1) is 12.7 Å². The molecule has 3 aromatic carbocycles. The Balaban J connectivity index is 1.41. The minimum absolute atomic E-state index is 0.185. The third kappa shape index (κ3) is 5.00. The number of methoxy groups -OCH3 is 1. The maximum atomic E-state index is 13.9. The van der Waals surface area contributed by atoms with Gasteiger partial charge in [0.2, 0.25) is 5.91 Å². The van der Waals surface area contributed by atoms with Gasteiger partial charge in [0.1, 0.15) is 11.6 Å². The molecule has 1 amide bonds. The number of aryl methyl sites for hydroxylation is 1. The van der Waals surface area contributed by atoms with E-state index in [0.717, 1.165) is 52.4 Å². The summed E-state index contributed by atoms with van der Waals surface area (Å²) in [5.74, 6) is 0.861. The summed E-state index contributed by atoms with van der Waals surface area (Å²) < 4.78 is 21.6. The highest BCUT2D eigenvalue weighted by atomic mass is 19.1. The van der Waals surface area contributed by atoms with Crippen LogP contribution >= 0.6 is 0 Å². The van der Waals surface area contributed by atoms with Crippen LogP contribution in [-0.2, 0) is 4.79 Å². The lowest BCUT2D eigenvalue weighted by atomic mass is 10.00. The smallest absolute Gasteiger partial charge is 0.250 e. The largest absolute Gasteiger partial charge is 0.495 e. The number of aliphatic imine (C=N–C) groups is 1. The number of aromatic nitrogens is 2. The molecule has 0 radical (unpaired) electrons. The number of amides is 1. The van der Waals surface area contributed by atoms with E-state index in [1.54, 1.807) is 25.6 Å². The number of imidazole rings is 1. The Hall–Kier alpha value is -4.72. The van der Waals surface area contributed by atoms with Crippen LogP contribution in [0.5, 0.6) is 5.75 Å². The molecule has 0 aliphatic carbocycles. The number of nitrogens with zero attached hydrogens (tertiary/aromatic N) is 5. The number of piperidine rings is 1. The van der Waals surface area contributed by atoms with Crippen LogP contribution in [0.4, 0.5) is 10.1 Å². The fourth-order valence-electron chi connectivity index (χ4n) is 5.46. The maximum Gasteiger partial charge on any atom is 0.250 e. The Morgan fingerprint density at radius 2 is 1.85 bits per heavy atom. The van der Waals surface area contributed by atoms with Crippen molar-refractivity contribution in [3.8, 4) is 11.4 Å². The maximum absolute atomic E-state index is 13.9. The molecule has 1 atom stereocenters. The molecule has 2 aliphatic heterocycles. The number of hydrazine groups is 1. The number of fused-ring (bicyclic) bond motifs is 1. The molecule has 0 bridgehead atoms. The van der Waals surface area contributed by atoms with Crippen LogP contribution < -0.4 is 9.75 Å². The first-order valence-corrected chi connectivity index (χ1v) is 13.4. The van der Waals surface area contributed by atoms with E-state index >= 15 is 0 Å². The van der Waals surface area contributed by atoms with Crippen molar-refractivity contribution >= 4 is 23.5 Å². The molecule has 8 heteroatoms. The van der Waals surface area contributed by atoms with Crippen molar-refractivity contribution in [2.24, 2.45) is 4.99 Å². The molecule has 1 fully saturated rings. The number of halogens is 1. The van der Waals surface area contributed by atoms with Crippen LogP contribution in [0.25, 0.3) is 11.8 Å². The highest BCUT2D eigenvalue weighted by molar-refractivity contribution is 6.09. The molecule has 2 aliphatic rings. The number of ether oxygens (including phenoxy) is 1. The lowest BCUT2D eigenvalue weighted by molar-refractivity contribution is -0.118. The molecular weight excluding hydrogens is 505 g/mol. The zero-order valence-corrected chi connectivity index (χ0v) is 22.5. The van der Waals surface area contributed by atoms with Crippen LogP contribution in [0.3, 0.4) is 0 Å². The van der Waals surface area contributed by atoms with Crippen molar-refractivity contribution in [1.82, 2.24) is 14.6 Å². The molecule has 4 aromatic rings. The predicted octanol–water partition coefficient (Wildman–Crippen LogP) is 6.30. The Bertz CT molecular complexity index is 1590. The Morgan fingerprint density at radius 1 is 1.05 bits per heavy atom. The summed E-state index contributed by atoms with van der Waals surface area (Å²) in [6.07, 6.45) is 7.66. The molecule has 0 spiro atoms. The van der Waals surface area contributed by atoms with E-state index in [4.69, 9.17) is 4.74 Å². The summed E-state index contributed by atoms with van der Waals surface area (Å²) in [5.41, 5.74) is 5.54. The van der Waals surface area contributed by atoms with E-state index < -0.39 is 0 Å². The van der Waals surface area contributed by atoms with Gasteiger partial charge in [0, 0.05) is 12.7 Å². The highest BCUT2D eigenvalue weighted by Gasteiger charge is 2.36. The van der Waals surface area contributed by atoms with Crippen molar-refractivity contribution in [2.75, 3.05) is 18.7 Å². The van der Waals surface area contributed by atoms with Crippen LogP contribution in [-0.4, -0.2) is 40.0 Å². The van der Waals surface area contributed by atoms with Gasteiger partial charge in [-0.1, -0.05) is 36.4 Å². The summed E-state index contributed by atoms with van der Waals surface area (Å²) in [7, 11) is 1.65. The van der Waals surface area contributed by atoms with Gasteiger partial charge in [-0.15, -0.1) is 0 Å². The van der Waals surface area contributed by atoms with Crippen LogP contribution in [0.1, 0.15) is 42.1 Å². The molecule has 6 rings (SSSR count). The molecule has 0 N–H and O–H groups in total. The number of hydrogen-bond donors (Lipinski definition) is 0. The van der Waals surface area contributed by atoms with E-state index in [0.29, 0.717) is 12.4 Å². The minimum atomic E-state index is -0.303. The minimum Gasteiger partial charge on any atom is -0.495 e. The first kappa shape index (κ1) is 25.6. The van der Waals surface area contributed by atoms with Gasteiger partial charge in [-0.2, -0.15) is 4.99 Å². The van der Waals surface area contributed by atoms with E-state index in [1.165, 1.54) is 12.1 Å². The molecule has 1 aromatic heterocycles. The zero-order chi connectivity index (χ0) is 27.6. The fourth-order valence-corrected chi connectivity index (χ4v) is 5.46. The standard InChI is InChI=1S/C32H30FN5O2/c1-22-20-36(21-34-22)28-15-10-23(18-30(28)40-2)17-25-9-6-16-37-32(25)35-31(39)19-29(24-7-4-3-5-8-24)38(37)27-13-11-26(33)12-14-27/h3-5,7-8,10-15,17-18,20-21,29H,6,9,16,19H2,1-2H3. The van der Waals surface area contributed by atoms with Crippen molar-refractivity contribution in [3.63, 3.8) is 0 Å². The van der Waals surface area contributed by atoms with E-state index in [9.17, 15) is 9.18 Å². The normalized spacial score (nSPS) is 18.4. The van der Waals surface area contributed by atoms with Crippen molar-refractivity contribution in [1.29, 1.82) is 0 Å². The Morgan fingerprint density at radius 3 is 2.58 bits per heavy atom. The first-order chi connectivity index (χ1) is 19.5. The summed E-state index contributed by atoms with van der Waals surface area (Å²) >= 11 is 0. The zero-order valence-electron chi connectivity index (χ0n) is 22.5. The first-order valence-electron chi connectivity index (χ1n) is 13.4. The SMILES string of the molecule is COc1cc(C=C2CCCN3C2=NC(=O)CC(c2ccccc2)N3c2ccc(F)cc2)ccc1-n1cnc(C)c1. The van der Waals surface area contributed by atoms with Gasteiger partial charge >= 0.3 is 0 Å². The quantitative estimate of drug-likeness (QED) is 0.300. The number of hydrogen-bond acceptors (Lipinski definition) is 5. The van der Waals surface area contributed by atoms with Gasteiger partial charge < -0.3 is 9.30 Å². The number of rotatable bonds is 5. The van der Waals surface area contributed by atoms with Gasteiger partial charge in [0.15, 0.2) is 5.84 Å². The lowest BCUT2D eigenvalue weighted by Gasteiger charge is -2.44. The number of amidine groups is 1. The summed E-state index contributed by atoms with van der Waals surface area (Å²) in [6.45, 7) is 2.63. The lowest BCUT2D eigenvalue weighted by Crippen LogP contribution is -2.50. The van der Waals surface area contributed by atoms with E-state index in [-0.39, 0.29) is 24.2 Å². The van der Waals surface area contributed by atoms with Gasteiger partial charge in [-0.05, 0) is 78.9 Å². The molecule has 0 saturated carbocycles. The molecule has 1 saturated heterocycles. The average molecular weight is 536 g/mol. The van der Waals surface area contributed by atoms with Crippen molar-refractivity contribution in [2.45, 2.75) is 32.2 Å². The van der Waals surface area contributed by atoms with Gasteiger partial charge in [0.25, 0.3) is 0 Å². The third-order valence-electron chi connectivity index (χ3n) is 7.31. The second-order valence-corrected chi connectivity index (χ2v) is 10.0. The Labute approximate surface area is 232 Å². The number of carbonyl (C=O) groups is 1. The molecule has 40 heavy (non-hydrogen) atoms. The monoisotopic (exact) mass is 535 g/mol. The van der Waals surface area contributed by atoms with E-state index in [2.05, 4.69) is 26.1 Å². The van der Waals surface area contributed by atoms with Gasteiger partial charge in [-0.3, -0.25) is 14.8 Å². The van der Waals surface area contributed by atoms with Crippen molar-refractivity contribution in [3.05, 3.63) is 114 Å². The van der Waals surface area contributed by atoms with Crippen molar-refractivity contribution < 1.29 is 13.9 Å². The molecule has 7 nitrogen and oxygen atoms in total. The fraction of sp³-hybridized carbons (Fsp3) is 0.219. The number of benzene rings is 3. The second-order valence-electron chi connectivity index (χ2n) is 10.0. The molecule has 1 unspecified atom stereocenters. The van der Waals surface area contributed by atoms with Crippen LogP contribution in [0.15, 0.2) is 95.9 Å². The van der Waals surface area contributed by atoms with Gasteiger partial charge in [0.05, 0.1) is 43.0 Å². The summed E-state index contributed by atoms with van der Waals surface area (Å²) in [4.78, 5) is 22.3. The number of carbonyl (C=O) groups excluding carboxylic acids is 1. The predicted molar refractivity (Wildman–Crippen MR) is 154 cm³/mol. The molecular formula is C32H30FN5O2. The second kappa shape index (κ2) is 10.8. The Kier molecular flexibility index (Phi) is 6.90. The third-order valence-corrected chi connectivity index (χ3v) is 7.31. The number of anilines is 1. The van der Waals surface area contributed by atoms with Crippen LogP contribution in [0.2, 0.25) is 0 Å². The summed E-state index contributed by atoms with van der Waals surface area (Å²) in [6, 6.07) is 22.1. The molecule has 3 heterocycles. The average Bonchev–Trinajstić information content (AvgIpc) is 3.34.